The molecule has 3 aromatic rings. The van der Waals surface area contributed by atoms with Gasteiger partial charge in [0.2, 0.25) is 0 Å². The molecule has 0 spiro atoms. The Hall–Kier alpha value is -2.44. The van der Waals surface area contributed by atoms with E-state index in [-0.39, 0.29) is 18.3 Å². The Balaban J connectivity index is 1.38. The molecule has 2 fully saturated rings. The van der Waals surface area contributed by atoms with Gasteiger partial charge in [-0.05, 0) is 62.8 Å². The van der Waals surface area contributed by atoms with Crippen LogP contribution in [0, 0.1) is 17.2 Å². The van der Waals surface area contributed by atoms with E-state index in [9.17, 15) is 10.4 Å². The zero-order chi connectivity index (χ0) is 24.5. The molecule has 0 radical (unpaired) electrons. The lowest BCUT2D eigenvalue weighted by molar-refractivity contribution is 0.0777. The molecule has 184 valence electrons. The Kier molecular flexibility index (Phi) is 7.12. The number of aromatic nitrogens is 4. The highest BCUT2D eigenvalue weighted by Gasteiger charge is 2.30. The predicted molar refractivity (Wildman–Crippen MR) is 137 cm³/mol. The molecule has 2 saturated heterocycles. The summed E-state index contributed by atoms with van der Waals surface area (Å²) < 4.78 is 1.73. The van der Waals surface area contributed by atoms with Crippen molar-refractivity contribution in [3.63, 3.8) is 0 Å². The molecule has 1 aromatic carbocycles. The maximum atomic E-state index is 9.63. The quantitative estimate of drug-likeness (QED) is 0.543. The molecule has 2 unspecified atom stereocenters. The van der Waals surface area contributed by atoms with E-state index in [0.29, 0.717) is 33.2 Å². The van der Waals surface area contributed by atoms with E-state index in [4.69, 9.17) is 28.2 Å². The van der Waals surface area contributed by atoms with Crippen LogP contribution >= 0.6 is 23.2 Å². The Morgan fingerprint density at radius 3 is 2.71 bits per heavy atom. The first kappa shape index (κ1) is 24.3. The summed E-state index contributed by atoms with van der Waals surface area (Å²) in [5, 5.41) is 24.8. The van der Waals surface area contributed by atoms with Gasteiger partial charge in [-0.1, -0.05) is 29.3 Å². The van der Waals surface area contributed by atoms with Gasteiger partial charge in [0.15, 0.2) is 11.3 Å². The van der Waals surface area contributed by atoms with Crippen molar-refractivity contribution in [2.24, 2.45) is 5.92 Å². The smallest absolute Gasteiger partial charge is 0.190 e. The summed E-state index contributed by atoms with van der Waals surface area (Å²) in [5.74, 6) is 1.20. The van der Waals surface area contributed by atoms with Crippen molar-refractivity contribution < 1.29 is 5.11 Å². The lowest BCUT2D eigenvalue weighted by atomic mass is 9.94. The fraction of sp³-hybridized carbons (Fsp3) is 0.520. The minimum atomic E-state index is -0.252. The molecule has 2 aliphatic rings. The van der Waals surface area contributed by atoms with Crippen LogP contribution in [0.3, 0.4) is 0 Å². The van der Waals surface area contributed by atoms with Crippen LogP contribution in [0.4, 0.5) is 5.82 Å². The van der Waals surface area contributed by atoms with Crippen LogP contribution in [-0.4, -0.2) is 68.6 Å². The highest BCUT2D eigenvalue weighted by Crippen LogP contribution is 2.32. The van der Waals surface area contributed by atoms with Crippen molar-refractivity contribution in [2.75, 3.05) is 37.7 Å². The number of halogens is 2. The maximum Gasteiger partial charge on any atom is 0.190 e. The molecule has 4 heterocycles. The van der Waals surface area contributed by atoms with Gasteiger partial charge in [-0.15, -0.1) is 0 Å². The van der Waals surface area contributed by atoms with Crippen LogP contribution in [0.2, 0.25) is 10.0 Å². The van der Waals surface area contributed by atoms with Gasteiger partial charge in [-0.3, -0.25) is 4.90 Å². The number of nitrogens with zero attached hydrogens (tertiary/aromatic N) is 7. The number of piperidine rings is 2. The first-order valence-electron chi connectivity index (χ1n) is 12.2. The van der Waals surface area contributed by atoms with E-state index in [1.165, 1.54) is 0 Å². The largest absolute Gasteiger partial charge is 0.396 e. The van der Waals surface area contributed by atoms with Crippen molar-refractivity contribution in [3.8, 4) is 6.07 Å². The molecular weight excluding hydrogens is 485 g/mol. The Labute approximate surface area is 215 Å². The molecule has 5 rings (SSSR count). The molecule has 1 N–H and O–H groups in total. The minimum Gasteiger partial charge on any atom is -0.396 e. The predicted octanol–water partition coefficient (Wildman–Crippen LogP) is 4.29. The summed E-state index contributed by atoms with van der Waals surface area (Å²) in [6.07, 6.45) is 6.14. The molecule has 2 aliphatic heterocycles. The zero-order valence-electron chi connectivity index (χ0n) is 19.7. The molecule has 0 amide bonds. The van der Waals surface area contributed by atoms with E-state index in [1.807, 2.05) is 13.0 Å². The van der Waals surface area contributed by atoms with Crippen molar-refractivity contribution in [1.82, 2.24) is 24.6 Å². The van der Waals surface area contributed by atoms with E-state index in [2.05, 4.69) is 26.0 Å². The van der Waals surface area contributed by atoms with Gasteiger partial charge in [0.1, 0.15) is 17.4 Å². The lowest BCUT2D eigenvalue weighted by Crippen LogP contribution is -2.49. The fourth-order valence-electron chi connectivity index (χ4n) is 5.41. The number of hydrogen-bond acceptors (Lipinski definition) is 7. The molecule has 35 heavy (non-hydrogen) atoms. The summed E-state index contributed by atoms with van der Waals surface area (Å²) in [6, 6.07) is 7.81. The fourth-order valence-corrected chi connectivity index (χ4v) is 5.97. The van der Waals surface area contributed by atoms with Crippen molar-refractivity contribution in [2.45, 2.75) is 44.7 Å². The number of anilines is 1. The highest BCUT2D eigenvalue weighted by molar-refractivity contribution is 6.35. The van der Waals surface area contributed by atoms with Crippen LogP contribution in [-0.2, 0) is 0 Å². The van der Waals surface area contributed by atoms with Crippen LogP contribution in [0.15, 0.2) is 24.4 Å². The van der Waals surface area contributed by atoms with E-state index >= 15 is 0 Å². The summed E-state index contributed by atoms with van der Waals surface area (Å²) in [5.41, 5.74) is 2.16. The van der Waals surface area contributed by atoms with Gasteiger partial charge in [0, 0.05) is 42.3 Å². The SMILES string of the molecule is CC(c1ccc(Cl)cc1Cl)n1nc(C#N)c2ncc(N3CCC(N4CCCC(CO)C4)CC3)nc21. The number of rotatable bonds is 5. The average molecular weight is 514 g/mol. The van der Waals surface area contributed by atoms with Crippen molar-refractivity contribution in [3.05, 3.63) is 45.7 Å². The number of nitriles is 1. The number of likely N-dealkylation sites (tertiary alicyclic amines) is 1. The normalized spacial score (nSPS) is 20.8. The van der Waals surface area contributed by atoms with Gasteiger partial charge in [0.25, 0.3) is 0 Å². The van der Waals surface area contributed by atoms with E-state index in [1.54, 1.807) is 23.0 Å². The molecule has 0 aliphatic carbocycles. The standard InChI is InChI=1S/C25H29Cl2N7O/c1-16(20-5-4-18(26)11-21(20)27)34-25-24(22(12-28)31-34)29-13-23(30-25)32-9-6-19(7-10-32)33-8-2-3-17(14-33)15-35/h4-5,11,13,16-17,19,35H,2-3,6-10,14-15H2,1H3. The number of hydrogen-bond donors (Lipinski definition) is 1. The first-order valence-corrected chi connectivity index (χ1v) is 12.9. The number of benzene rings is 1. The molecule has 0 bridgehead atoms. The number of aliphatic hydroxyl groups is 1. The minimum absolute atomic E-state index is 0.248. The molecule has 8 nitrogen and oxygen atoms in total. The lowest BCUT2D eigenvalue weighted by Gasteiger charge is -2.42. The van der Waals surface area contributed by atoms with Crippen LogP contribution in [0.1, 0.15) is 49.9 Å². The third-order valence-corrected chi connectivity index (χ3v) is 7.95. The summed E-state index contributed by atoms with van der Waals surface area (Å²) >= 11 is 12.5. The van der Waals surface area contributed by atoms with Crippen LogP contribution in [0.5, 0.6) is 0 Å². The van der Waals surface area contributed by atoms with Gasteiger partial charge in [-0.2, -0.15) is 10.4 Å². The van der Waals surface area contributed by atoms with Crippen LogP contribution < -0.4 is 4.90 Å². The van der Waals surface area contributed by atoms with E-state index in [0.717, 1.165) is 63.2 Å². The summed E-state index contributed by atoms with van der Waals surface area (Å²) in [7, 11) is 0. The summed E-state index contributed by atoms with van der Waals surface area (Å²) in [6.45, 7) is 6.15. The Bertz CT molecular complexity index is 1250. The monoisotopic (exact) mass is 513 g/mol. The molecule has 10 heteroatoms. The second-order valence-electron chi connectivity index (χ2n) is 9.55. The zero-order valence-corrected chi connectivity index (χ0v) is 21.3. The van der Waals surface area contributed by atoms with Crippen molar-refractivity contribution >= 4 is 40.2 Å². The second-order valence-corrected chi connectivity index (χ2v) is 10.4. The Morgan fingerprint density at radius 2 is 2.00 bits per heavy atom. The Morgan fingerprint density at radius 1 is 1.20 bits per heavy atom. The van der Waals surface area contributed by atoms with Gasteiger partial charge in [0.05, 0.1) is 12.2 Å². The second kappa shape index (κ2) is 10.3. The number of fused-ring (bicyclic) bond motifs is 1. The van der Waals surface area contributed by atoms with Crippen molar-refractivity contribution in [1.29, 1.82) is 5.26 Å². The molecular formula is C25H29Cl2N7O. The summed E-state index contributed by atoms with van der Waals surface area (Å²) in [4.78, 5) is 14.3. The van der Waals surface area contributed by atoms with Crippen LogP contribution in [0.25, 0.3) is 11.2 Å². The number of aliphatic hydroxyl groups excluding tert-OH is 1. The third-order valence-electron chi connectivity index (χ3n) is 7.39. The maximum absolute atomic E-state index is 9.63. The molecule has 2 atom stereocenters. The topological polar surface area (TPSA) is 94.1 Å². The highest BCUT2D eigenvalue weighted by atomic mass is 35.5. The third kappa shape index (κ3) is 4.83. The van der Waals surface area contributed by atoms with E-state index < -0.39 is 0 Å². The average Bonchev–Trinajstić information content (AvgIpc) is 3.26. The first-order chi connectivity index (χ1) is 17.0. The molecule has 0 saturated carbocycles. The van der Waals surface area contributed by atoms with Gasteiger partial charge < -0.3 is 10.0 Å². The van der Waals surface area contributed by atoms with Gasteiger partial charge >= 0.3 is 0 Å². The van der Waals surface area contributed by atoms with Gasteiger partial charge in [-0.25, -0.2) is 14.6 Å². The molecule has 2 aromatic heterocycles.